The summed E-state index contributed by atoms with van der Waals surface area (Å²) < 4.78 is 5.57. The van der Waals surface area contributed by atoms with Gasteiger partial charge in [-0.3, -0.25) is 14.4 Å². The van der Waals surface area contributed by atoms with Gasteiger partial charge in [-0.05, 0) is 83.0 Å². The van der Waals surface area contributed by atoms with Crippen LogP contribution in [0.15, 0.2) is 48.5 Å². The minimum Gasteiger partial charge on any atom is -0.444 e. The molecule has 10 heteroatoms. The van der Waals surface area contributed by atoms with Crippen LogP contribution in [0.5, 0.6) is 0 Å². The van der Waals surface area contributed by atoms with Crippen LogP contribution in [-0.2, 0) is 14.3 Å². The number of rotatable bonds is 5. The van der Waals surface area contributed by atoms with E-state index in [4.69, 9.17) is 4.74 Å². The molecule has 0 bridgehead atoms. The third-order valence-corrected chi connectivity index (χ3v) is 7.39. The fourth-order valence-corrected chi connectivity index (χ4v) is 5.23. The van der Waals surface area contributed by atoms with E-state index in [0.29, 0.717) is 49.7 Å². The largest absolute Gasteiger partial charge is 0.444 e. The monoisotopic (exact) mass is 563 g/mol. The quantitative estimate of drug-likeness (QED) is 0.551. The van der Waals surface area contributed by atoms with Crippen molar-refractivity contribution >= 4 is 40.9 Å². The first-order valence-corrected chi connectivity index (χ1v) is 14.2. The van der Waals surface area contributed by atoms with E-state index in [1.807, 2.05) is 56.9 Å². The molecule has 0 aromatic heterocycles. The van der Waals surface area contributed by atoms with Crippen molar-refractivity contribution in [3.8, 4) is 0 Å². The Kier molecular flexibility index (Phi) is 9.20. The Bertz CT molecular complexity index is 1260. The molecule has 2 heterocycles. The molecule has 10 nitrogen and oxygen atoms in total. The highest BCUT2D eigenvalue weighted by Gasteiger charge is 2.37. The lowest BCUT2D eigenvalue weighted by atomic mass is 9.92. The number of hydrogen-bond donors (Lipinski definition) is 2. The molecule has 0 saturated carbocycles. The second-order valence-electron chi connectivity index (χ2n) is 11.8. The Morgan fingerprint density at radius 3 is 2.20 bits per heavy atom. The van der Waals surface area contributed by atoms with Crippen LogP contribution in [-0.4, -0.2) is 78.0 Å². The van der Waals surface area contributed by atoms with Gasteiger partial charge in [0.2, 0.25) is 11.8 Å². The molecule has 2 aromatic carbocycles. The number of piperazine rings is 1. The number of amides is 4. The zero-order chi connectivity index (χ0) is 29.7. The van der Waals surface area contributed by atoms with Gasteiger partial charge in [0.25, 0.3) is 5.91 Å². The molecule has 4 rings (SSSR count). The fourth-order valence-electron chi connectivity index (χ4n) is 5.23. The van der Waals surface area contributed by atoms with E-state index < -0.39 is 5.60 Å². The number of anilines is 3. The number of nitrogens with zero attached hydrogens (tertiary/aromatic N) is 3. The maximum absolute atomic E-state index is 13.4. The topological polar surface area (TPSA) is 111 Å². The number of piperidine rings is 1. The zero-order valence-electron chi connectivity index (χ0n) is 24.6. The van der Waals surface area contributed by atoms with Crippen LogP contribution >= 0.6 is 0 Å². The summed E-state index contributed by atoms with van der Waals surface area (Å²) in [6.07, 6.45) is 1.19. The van der Waals surface area contributed by atoms with Crippen molar-refractivity contribution in [3.05, 3.63) is 54.1 Å². The summed E-state index contributed by atoms with van der Waals surface area (Å²) in [4.78, 5) is 55.9. The number of carbonyl (C=O) groups excluding carboxylic acids is 4. The maximum Gasteiger partial charge on any atom is 0.410 e. The zero-order valence-corrected chi connectivity index (χ0v) is 24.6. The van der Waals surface area contributed by atoms with Crippen LogP contribution in [0.25, 0.3) is 0 Å². The van der Waals surface area contributed by atoms with E-state index in [1.165, 1.54) is 6.92 Å². The Morgan fingerprint density at radius 1 is 0.878 bits per heavy atom. The molecule has 41 heavy (non-hydrogen) atoms. The van der Waals surface area contributed by atoms with Gasteiger partial charge < -0.3 is 30.1 Å². The molecular weight excluding hydrogens is 522 g/mol. The van der Waals surface area contributed by atoms with Gasteiger partial charge in [0, 0.05) is 68.3 Å². The average Bonchev–Trinajstić information content (AvgIpc) is 2.92. The summed E-state index contributed by atoms with van der Waals surface area (Å²) in [5, 5.41) is 5.58. The molecule has 0 aliphatic carbocycles. The van der Waals surface area contributed by atoms with Crippen molar-refractivity contribution in [2.75, 3.05) is 48.3 Å². The summed E-state index contributed by atoms with van der Waals surface area (Å²) in [7, 11) is 0. The summed E-state index contributed by atoms with van der Waals surface area (Å²) in [5.74, 6) is -0.575. The predicted octanol–water partition coefficient (Wildman–Crippen LogP) is 4.58. The lowest BCUT2D eigenvalue weighted by molar-refractivity contribution is -0.138. The van der Waals surface area contributed by atoms with Gasteiger partial charge >= 0.3 is 6.09 Å². The normalized spacial score (nSPS) is 19.4. The minimum absolute atomic E-state index is 0.0485. The van der Waals surface area contributed by atoms with E-state index in [2.05, 4.69) is 15.5 Å². The smallest absolute Gasteiger partial charge is 0.410 e. The number of likely N-dealkylation sites (tertiary alicyclic amines) is 1. The molecule has 2 fully saturated rings. The van der Waals surface area contributed by atoms with Crippen LogP contribution in [0, 0.1) is 5.92 Å². The minimum atomic E-state index is -0.575. The van der Waals surface area contributed by atoms with Crippen LogP contribution in [0.2, 0.25) is 0 Å². The molecule has 2 N–H and O–H groups in total. The first-order chi connectivity index (χ1) is 19.4. The molecule has 2 aliphatic rings. The van der Waals surface area contributed by atoms with Gasteiger partial charge in [-0.25, -0.2) is 4.79 Å². The Balaban J connectivity index is 1.29. The van der Waals surface area contributed by atoms with Gasteiger partial charge in [0.15, 0.2) is 0 Å². The Morgan fingerprint density at radius 2 is 1.56 bits per heavy atom. The Labute approximate surface area is 242 Å². The summed E-state index contributed by atoms with van der Waals surface area (Å²) in [6, 6.07) is 14.5. The predicted molar refractivity (Wildman–Crippen MR) is 159 cm³/mol. The highest BCUT2D eigenvalue weighted by atomic mass is 16.6. The molecule has 0 unspecified atom stereocenters. The number of nitrogens with one attached hydrogen (secondary N) is 2. The maximum atomic E-state index is 13.4. The molecular formula is C31H41N5O5. The Hall–Kier alpha value is -4.08. The molecule has 0 radical (unpaired) electrons. The highest BCUT2D eigenvalue weighted by molar-refractivity contribution is 6.05. The molecule has 2 atom stereocenters. The molecule has 2 saturated heterocycles. The van der Waals surface area contributed by atoms with Crippen LogP contribution in [0.1, 0.15) is 57.8 Å². The van der Waals surface area contributed by atoms with E-state index in [9.17, 15) is 19.2 Å². The number of ether oxygens (including phenoxy) is 1. The third kappa shape index (κ3) is 7.99. The van der Waals surface area contributed by atoms with Crippen molar-refractivity contribution in [1.29, 1.82) is 0 Å². The molecule has 0 spiro atoms. The number of carbonyl (C=O) groups is 4. The number of hydrogen-bond acceptors (Lipinski definition) is 6. The van der Waals surface area contributed by atoms with E-state index in [-0.39, 0.29) is 35.8 Å². The second-order valence-corrected chi connectivity index (χ2v) is 11.8. The first kappa shape index (κ1) is 29.9. The van der Waals surface area contributed by atoms with Crippen LogP contribution in [0.4, 0.5) is 21.9 Å². The lowest BCUT2D eigenvalue weighted by Crippen LogP contribution is -2.54. The van der Waals surface area contributed by atoms with Gasteiger partial charge in [-0.2, -0.15) is 0 Å². The van der Waals surface area contributed by atoms with Gasteiger partial charge in [0.05, 0.1) is 5.92 Å². The average molecular weight is 564 g/mol. The van der Waals surface area contributed by atoms with Gasteiger partial charge in [0.1, 0.15) is 5.60 Å². The van der Waals surface area contributed by atoms with E-state index >= 15 is 0 Å². The van der Waals surface area contributed by atoms with Crippen molar-refractivity contribution in [2.45, 2.75) is 59.1 Å². The highest BCUT2D eigenvalue weighted by Crippen LogP contribution is 2.27. The summed E-state index contributed by atoms with van der Waals surface area (Å²) >= 11 is 0. The van der Waals surface area contributed by atoms with E-state index in [0.717, 1.165) is 18.5 Å². The van der Waals surface area contributed by atoms with Gasteiger partial charge in [-0.1, -0.05) is 6.07 Å². The molecule has 2 aliphatic heterocycles. The fraction of sp³-hybridized carbons (Fsp3) is 0.484. The third-order valence-electron chi connectivity index (χ3n) is 7.39. The van der Waals surface area contributed by atoms with Crippen molar-refractivity contribution < 1.29 is 23.9 Å². The van der Waals surface area contributed by atoms with Crippen LogP contribution in [0.3, 0.4) is 0 Å². The van der Waals surface area contributed by atoms with Crippen molar-refractivity contribution in [1.82, 2.24) is 9.80 Å². The summed E-state index contributed by atoms with van der Waals surface area (Å²) in [5.41, 5.74) is 2.12. The molecule has 2 aromatic rings. The number of benzene rings is 2. The first-order valence-electron chi connectivity index (χ1n) is 14.2. The lowest BCUT2D eigenvalue weighted by Gasteiger charge is -2.41. The standard InChI is InChI=1S/C31H41N5O5/c1-21-9-10-24(20-36(21)30(40)41-31(3,4)5)29(39)35-17-15-34(16-18-35)27-13-11-25(12-14-27)33-28(38)23-7-6-8-26(19-23)32-22(2)37/h6-8,11-14,19,21,24H,9-10,15-18,20H2,1-5H3,(H,32,37)(H,33,38)/t21-,24-/m0/s1. The van der Waals surface area contributed by atoms with Gasteiger partial charge in [-0.15, -0.1) is 0 Å². The van der Waals surface area contributed by atoms with Crippen molar-refractivity contribution in [2.24, 2.45) is 5.92 Å². The van der Waals surface area contributed by atoms with Crippen LogP contribution < -0.4 is 15.5 Å². The molecule has 4 amide bonds. The molecule has 220 valence electrons. The van der Waals surface area contributed by atoms with Crippen molar-refractivity contribution in [3.63, 3.8) is 0 Å². The van der Waals surface area contributed by atoms with E-state index in [1.54, 1.807) is 29.2 Å². The second kappa shape index (κ2) is 12.6. The summed E-state index contributed by atoms with van der Waals surface area (Å²) in [6.45, 7) is 12.0. The SMILES string of the molecule is CC(=O)Nc1cccc(C(=O)Nc2ccc(N3CCN(C(=O)[C@H]4CC[C@H](C)N(C(=O)OC(C)(C)C)C4)CC3)cc2)c1.